The van der Waals surface area contributed by atoms with Crippen molar-refractivity contribution in [3.8, 4) is 0 Å². The molecule has 3 nitrogen and oxygen atoms in total. The molecule has 0 radical (unpaired) electrons. The van der Waals surface area contributed by atoms with E-state index in [0.29, 0.717) is 0 Å². The second kappa shape index (κ2) is 8.51. The van der Waals surface area contributed by atoms with Gasteiger partial charge in [0.05, 0.1) is 4.88 Å². The SMILES string of the molecule is O=C([C@@H]([NH2+][C@@H](c1ccccc1)c1cccs1)c1ccccc1)N1CCCC1. The van der Waals surface area contributed by atoms with Crippen LogP contribution in [0.2, 0.25) is 0 Å². The number of carbonyl (C=O) groups is 1. The largest absolute Gasteiger partial charge is 0.337 e. The Labute approximate surface area is 164 Å². The van der Waals surface area contributed by atoms with Crippen molar-refractivity contribution in [2.45, 2.75) is 24.9 Å². The van der Waals surface area contributed by atoms with Crippen LogP contribution in [0, 0.1) is 0 Å². The molecule has 138 valence electrons. The van der Waals surface area contributed by atoms with Gasteiger partial charge in [-0.15, -0.1) is 11.3 Å². The molecule has 0 saturated carbocycles. The third-order valence-corrected chi connectivity index (χ3v) is 6.19. The molecule has 2 heterocycles. The van der Waals surface area contributed by atoms with Crippen molar-refractivity contribution in [2.24, 2.45) is 0 Å². The van der Waals surface area contributed by atoms with Crippen molar-refractivity contribution < 1.29 is 10.1 Å². The summed E-state index contributed by atoms with van der Waals surface area (Å²) in [5.41, 5.74) is 2.31. The average Bonchev–Trinajstić information content (AvgIpc) is 3.44. The lowest BCUT2D eigenvalue weighted by atomic mass is 10.00. The fourth-order valence-electron chi connectivity index (χ4n) is 3.82. The van der Waals surface area contributed by atoms with Gasteiger partial charge < -0.3 is 10.2 Å². The van der Waals surface area contributed by atoms with E-state index >= 15 is 0 Å². The quantitative estimate of drug-likeness (QED) is 0.698. The molecule has 1 amide bonds. The van der Waals surface area contributed by atoms with E-state index in [1.165, 1.54) is 10.4 Å². The van der Waals surface area contributed by atoms with Crippen LogP contribution in [-0.2, 0) is 4.79 Å². The Morgan fingerprint density at radius 3 is 2.07 bits per heavy atom. The maximum absolute atomic E-state index is 13.4. The minimum atomic E-state index is -0.225. The highest BCUT2D eigenvalue weighted by Crippen LogP contribution is 2.25. The molecule has 4 rings (SSSR count). The van der Waals surface area contributed by atoms with Crippen LogP contribution in [-0.4, -0.2) is 23.9 Å². The summed E-state index contributed by atoms with van der Waals surface area (Å²) < 4.78 is 0. The van der Waals surface area contributed by atoms with Crippen LogP contribution in [0.4, 0.5) is 0 Å². The first-order valence-electron chi connectivity index (χ1n) is 9.60. The van der Waals surface area contributed by atoms with Crippen LogP contribution in [0.15, 0.2) is 78.2 Å². The lowest BCUT2D eigenvalue weighted by Crippen LogP contribution is -2.88. The summed E-state index contributed by atoms with van der Waals surface area (Å²) in [6.45, 7) is 1.76. The molecule has 0 spiro atoms. The number of rotatable bonds is 6. The summed E-state index contributed by atoms with van der Waals surface area (Å²) in [5.74, 6) is 0.233. The lowest BCUT2D eigenvalue weighted by molar-refractivity contribution is -0.714. The number of amides is 1. The first-order valence-corrected chi connectivity index (χ1v) is 10.5. The Morgan fingerprint density at radius 1 is 0.852 bits per heavy atom. The molecule has 2 N–H and O–H groups in total. The molecule has 2 atom stereocenters. The van der Waals surface area contributed by atoms with Crippen LogP contribution in [0.3, 0.4) is 0 Å². The number of carbonyl (C=O) groups excluding carboxylic acids is 1. The molecule has 27 heavy (non-hydrogen) atoms. The Kier molecular flexibility index (Phi) is 5.66. The zero-order valence-corrected chi connectivity index (χ0v) is 16.1. The standard InChI is InChI=1S/C23H24N2OS/c26-23(25-15-7-8-16-25)22(19-12-5-2-6-13-19)24-21(20-14-9-17-27-20)18-10-3-1-4-11-18/h1-6,9-14,17,21-22,24H,7-8,15-16H2/p+1/t21-,22-/m0/s1. The van der Waals surface area contributed by atoms with E-state index in [4.69, 9.17) is 0 Å². The molecule has 0 unspecified atom stereocenters. The van der Waals surface area contributed by atoms with Crippen LogP contribution >= 0.6 is 11.3 Å². The second-order valence-corrected chi connectivity index (χ2v) is 8.00. The molecule has 2 aromatic carbocycles. The highest BCUT2D eigenvalue weighted by Gasteiger charge is 2.34. The summed E-state index contributed by atoms with van der Waals surface area (Å²) in [4.78, 5) is 16.7. The highest BCUT2D eigenvalue weighted by molar-refractivity contribution is 7.10. The Balaban J connectivity index is 1.69. The number of thiophene rings is 1. The summed E-state index contributed by atoms with van der Waals surface area (Å²) in [5, 5.41) is 4.36. The number of quaternary nitrogens is 1. The van der Waals surface area contributed by atoms with E-state index in [1.807, 2.05) is 29.2 Å². The average molecular weight is 378 g/mol. The molecule has 1 aliphatic heterocycles. The van der Waals surface area contributed by atoms with Gasteiger partial charge in [0.1, 0.15) is 6.04 Å². The molecule has 1 fully saturated rings. The van der Waals surface area contributed by atoms with Gasteiger partial charge in [-0.3, -0.25) is 4.79 Å². The molecular weight excluding hydrogens is 352 g/mol. The van der Waals surface area contributed by atoms with Crippen LogP contribution < -0.4 is 5.32 Å². The monoisotopic (exact) mass is 377 g/mol. The first-order chi connectivity index (χ1) is 13.3. The lowest BCUT2D eigenvalue weighted by Gasteiger charge is -2.26. The normalized spacial score (nSPS) is 16.2. The first kappa shape index (κ1) is 18.0. The van der Waals surface area contributed by atoms with Gasteiger partial charge in [0.25, 0.3) is 5.91 Å². The van der Waals surface area contributed by atoms with Crippen molar-refractivity contribution in [2.75, 3.05) is 13.1 Å². The number of hydrogen-bond donors (Lipinski definition) is 1. The Morgan fingerprint density at radius 2 is 1.48 bits per heavy atom. The fraction of sp³-hybridized carbons (Fsp3) is 0.261. The van der Waals surface area contributed by atoms with Gasteiger partial charge in [-0.2, -0.15) is 0 Å². The summed E-state index contributed by atoms with van der Waals surface area (Å²) >= 11 is 1.75. The van der Waals surface area contributed by atoms with Crippen LogP contribution in [0.25, 0.3) is 0 Å². The van der Waals surface area contributed by atoms with Crippen molar-refractivity contribution in [1.29, 1.82) is 0 Å². The summed E-state index contributed by atoms with van der Waals surface area (Å²) in [6.07, 6.45) is 2.22. The molecule has 0 aliphatic carbocycles. The number of benzene rings is 2. The van der Waals surface area contributed by atoms with Crippen molar-refractivity contribution in [3.63, 3.8) is 0 Å². The zero-order chi connectivity index (χ0) is 18.5. The van der Waals surface area contributed by atoms with Gasteiger partial charge in [-0.25, -0.2) is 0 Å². The molecular formula is C23H25N2OS+. The van der Waals surface area contributed by atoms with Crippen LogP contribution in [0.5, 0.6) is 0 Å². The van der Waals surface area contributed by atoms with Crippen molar-refractivity contribution in [1.82, 2.24) is 4.90 Å². The third kappa shape index (κ3) is 4.12. The summed E-state index contributed by atoms with van der Waals surface area (Å²) in [6, 6.07) is 24.8. The van der Waals surface area contributed by atoms with E-state index in [1.54, 1.807) is 11.3 Å². The minimum Gasteiger partial charge on any atom is -0.337 e. The van der Waals surface area contributed by atoms with Gasteiger partial charge in [0, 0.05) is 24.2 Å². The predicted molar refractivity (Wildman–Crippen MR) is 110 cm³/mol. The van der Waals surface area contributed by atoms with Gasteiger partial charge in [0.15, 0.2) is 6.04 Å². The van der Waals surface area contributed by atoms with E-state index < -0.39 is 0 Å². The molecule has 3 aromatic rings. The molecule has 1 saturated heterocycles. The van der Waals surface area contributed by atoms with Gasteiger partial charge in [0.2, 0.25) is 0 Å². The number of nitrogens with two attached hydrogens (primary N) is 1. The van der Waals surface area contributed by atoms with E-state index in [-0.39, 0.29) is 18.0 Å². The molecule has 1 aliphatic rings. The Hall–Kier alpha value is -2.43. The number of nitrogens with zero attached hydrogens (tertiary/aromatic N) is 1. The van der Waals surface area contributed by atoms with Gasteiger partial charge in [-0.1, -0.05) is 66.7 Å². The number of likely N-dealkylation sites (tertiary alicyclic amines) is 1. The van der Waals surface area contributed by atoms with Crippen molar-refractivity contribution in [3.05, 3.63) is 94.2 Å². The summed E-state index contributed by atoms with van der Waals surface area (Å²) in [7, 11) is 0. The molecule has 4 heteroatoms. The molecule has 0 bridgehead atoms. The Bertz CT molecular complexity index is 843. The third-order valence-electron chi connectivity index (χ3n) is 5.24. The fourth-order valence-corrected chi connectivity index (χ4v) is 4.65. The highest BCUT2D eigenvalue weighted by atomic mass is 32.1. The van der Waals surface area contributed by atoms with E-state index in [2.05, 4.69) is 59.2 Å². The van der Waals surface area contributed by atoms with Crippen molar-refractivity contribution >= 4 is 17.2 Å². The van der Waals surface area contributed by atoms with E-state index in [9.17, 15) is 4.79 Å². The van der Waals surface area contributed by atoms with Crippen LogP contribution in [0.1, 0.15) is 40.9 Å². The maximum Gasteiger partial charge on any atom is 0.285 e. The van der Waals surface area contributed by atoms with Gasteiger partial charge >= 0.3 is 0 Å². The van der Waals surface area contributed by atoms with Gasteiger partial charge in [-0.05, 0) is 24.3 Å². The molecule has 1 aromatic heterocycles. The topological polar surface area (TPSA) is 36.9 Å². The van der Waals surface area contributed by atoms with E-state index in [0.717, 1.165) is 31.5 Å². The maximum atomic E-state index is 13.4. The minimum absolute atomic E-state index is 0.114. The predicted octanol–water partition coefficient (Wildman–Crippen LogP) is 3.76. The smallest absolute Gasteiger partial charge is 0.285 e. The second-order valence-electron chi connectivity index (χ2n) is 7.02. The zero-order valence-electron chi connectivity index (χ0n) is 15.3. The number of hydrogen-bond acceptors (Lipinski definition) is 2.